The summed E-state index contributed by atoms with van der Waals surface area (Å²) in [6.45, 7) is 3.62. The van der Waals surface area contributed by atoms with Gasteiger partial charge in [-0.3, -0.25) is 0 Å². The van der Waals surface area contributed by atoms with E-state index < -0.39 is 0 Å². The summed E-state index contributed by atoms with van der Waals surface area (Å²) < 4.78 is 5.91. The van der Waals surface area contributed by atoms with Crippen molar-refractivity contribution in [3.8, 4) is 0 Å². The zero-order chi connectivity index (χ0) is 11.0. The highest BCUT2D eigenvalue weighted by Crippen LogP contribution is 2.38. The molecule has 0 aromatic rings. The Hall–Kier alpha value is -0.0800. The predicted octanol–water partition coefficient (Wildman–Crippen LogP) is 2.72. The molecule has 1 saturated carbocycles. The Bertz CT molecular complexity index is 241. The maximum atomic E-state index is 5.91. The van der Waals surface area contributed by atoms with E-state index in [1.54, 1.807) is 0 Å². The number of fused-ring (bicyclic) bond motifs is 2. The monoisotopic (exact) mass is 223 g/mol. The Balaban J connectivity index is 1.45. The minimum absolute atomic E-state index is 0.594. The fourth-order valence-corrected chi connectivity index (χ4v) is 3.88. The van der Waals surface area contributed by atoms with Gasteiger partial charge in [0.05, 0.1) is 12.2 Å². The SMILES string of the molecule is CC1CCCCC1NCC1CC2CCC1O2. The van der Waals surface area contributed by atoms with Gasteiger partial charge in [-0.15, -0.1) is 0 Å². The molecular weight excluding hydrogens is 198 g/mol. The highest BCUT2D eigenvalue weighted by atomic mass is 16.5. The van der Waals surface area contributed by atoms with Gasteiger partial charge >= 0.3 is 0 Å². The summed E-state index contributed by atoms with van der Waals surface area (Å²) >= 11 is 0. The molecule has 2 aliphatic heterocycles. The normalized spacial score (nSPS) is 47.4. The van der Waals surface area contributed by atoms with E-state index in [2.05, 4.69) is 12.2 Å². The van der Waals surface area contributed by atoms with Gasteiger partial charge in [-0.25, -0.2) is 0 Å². The van der Waals surface area contributed by atoms with Crippen LogP contribution in [-0.2, 0) is 4.74 Å². The molecule has 0 aromatic carbocycles. The Morgan fingerprint density at radius 1 is 1.12 bits per heavy atom. The minimum atomic E-state index is 0.594. The average molecular weight is 223 g/mol. The molecule has 16 heavy (non-hydrogen) atoms. The second-order valence-electron chi connectivity index (χ2n) is 6.15. The van der Waals surface area contributed by atoms with Crippen LogP contribution in [0.5, 0.6) is 0 Å². The summed E-state index contributed by atoms with van der Waals surface area (Å²) in [5.41, 5.74) is 0. The maximum absolute atomic E-state index is 5.91. The van der Waals surface area contributed by atoms with E-state index in [9.17, 15) is 0 Å². The maximum Gasteiger partial charge on any atom is 0.0621 e. The van der Waals surface area contributed by atoms with Gasteiger partial charge in [0.1, 0.15) is 0 Å². The minimum Gasteiger partial charge on any atom is -0.375 e. The van der Waals surface area contributed by atoms with Crippen molar-refractivity contribution in [1.29, 1.82) is 0 Å². The summed E-state index contributed by atoms with van der Waals surface area (Å²) in [6, 6.07) is 0.785. The molecule has 3 rings (SSSR count). The molecule has 2 saturated heterocycles. The summed E-state index contributed by atoms with van der Waals surface area (Å²) in [4.78, 5) is 0. The molecule has 5 atom stereocenters. The standard InChI is InChI=1S/C14H25NO/c1-10-4-2-3-5-13(10)15-9-11-8-12-6-7-14(11)16-12/h10-15H,2-9H2,1H3. The van der Waals surface area contributed by atoms with Crippen LogP contribution in [0.15, 0.2) is 0 Å². The first kappa shape index (κ1) is 11.0. The molecule has 92 valence electrons. The van der Waals surface area contributed by atoms with Crippen molar-refractivity contribution in [3.05, 3.63) is 0 Å². The fraction of sp³-hybridized carbons (Fsp3) is 1.00. The first-order chi connectivity index (χ1) is 7.83. The van der Waals surface area contributed by atoms with Crippen molar-refractivity contribution in [3.63, 3.8) is 0 Å². The Morgan fingerprint density at radius 3 is 2.69 bits per heavy atom. The van der Waals surface area contributed by atoms with Crippen LogP contribution in [0.1, 0.15) is 51.9 Å². The first-order valence-corrected chi connectivity index (χ1v) is 7.22. The summed E-state index contributed by atoms with van der Waals surface area (Å²) in [5.74, 6) is 1.70. The van der Waals surface area contributed by atoms with Crippen LogP contribution in [0.25, 0.3) is 0 Å². The van der Waals surface area contributed by atoms with E-state index in [-0.39, 0.29) is 0 Å². The zero-order valence-electron chi connectivity index (χ0n) is 10.5. The van der Waals surface area contributed by atoms with E-state index in [4.69, 9.17) is 4.74 Å². The molecule has 2 nitrogen and oxygen atoms in total. The second-order valence-corrected chi connectivity index (χ2v) is 6.15. The van der Waals surface area contributed by atoms with Gasteiger partial charge in [-0.05, 0) is 38.0 Å². The first-order valence-electron chi connectivity index (χ1n) is 7.22. The van der Waals surface area contributed by atoms with Crippen LogP contribution in [0.3, 0.4) is 0 Å². The molecule has 1 aliphatic carbocycles. The lowest BCUT2D eigenvalue weighted by Gasteiger charge is -2.31. The van der Waals surface area contributed by atoms with Crippen molar-refractivity contribution in [2.45, 2.75) is 70.1 Å². The summed E-state index contributed by atoms with van der Waals surface area (Å²) in [5, 5.41) is 3.82. The van der Waals surface area contributed by atoms with Gasteiger partial charge in [-0.2, -0.15) is 0 Å². The van der Waals surface area contributed by atoms with Crippen molar-refractivity contribution in [2.75, 3.05) is 6.54 Å². The molecule has 3 aliphatic rings. The van der Waals surface area contributed by atoms with Crippen molar-refractivity contribution < 1.29 is 4.74 Å². The highest BCUT2D eigenvalue weighted by Gasteiger charge is 2.40. The fourth-order valence-electron chi connectivity index (χ4n) is 3.88. The topological polar surface area (TPSA) is 21.3 Å². The largest absolute Gasteiger partial charge is 0.375 e. The molecule has 0 spiro atoms. The third kappa shape index (κ3) is 2.14. The van der Waals surface area contributed by atoms with Gasteiger partial charge < -0.3 is 10.1 Å². The Labute approximate surface area is 99.1 Å². The molecule has 2 heterocycles. The molecule has 1 N–H and O–H groups in total. The van der Waals surface area contributed by atoms with Crippen LogP contribution in [-0.4, -0.2) is 24.8 Å². The van der Waals surface area contributed by atoms with E-state index in [0.29, 0.717) is 12.2 Å². The zero-order valence-corrected chi connectivity index (χ0v) is 10.5. The molecule has 3 fully saturated rings. The molecule has 0 aromatic heterocycles. The molecule has 5 unspecified atom stereocenters. The van der Waals surface area contributed by atoms with E-state index in [1.807, 2.05) is 0 Å². The van der Waals surface area contributed by atoms with Gasteiger partial charge in [0.2, 0.25) is 0 Å². The van der Waals surface area contributed by atoms with Crippen LogP contribution in [0.4, 0.5) is 0 Å². The molecular formula is C14H25NO. The highest BCUT2D eigenvalue weighted by molar-refractivity contribution is 4.91. The smallest absolute Gasteiger partial charge is 0.0621 e. The van der Waals surface area contributed by atoms with Crippen LogP contribution >= 0.6 is 0 Å². The molecule has 0 amide bonds. The third-order valence-corrected chi connectivity index (χ3v) is 4.99. The lowest BCUT2D eigenvalue weighted by atomic mass is 9.84. The van der Waals surface area contributed by atoms with E-state index in [0.717, 1.165) is 17.9 Å². The number of hydrogen-bond acceptors (Lipinski definition) is 2. The third-order valence-electron chi connectivity index (χ3n) is 4.99. The van der Waals surface area contributed by atoms with Gasteiger partial charge in [0.15, 0.2) is 0 Å². The number of rotatable bonds is 3. The Morgan fingerprint density at radius 2 is 2.00 bits per heavy atom. The van der Waals surface area contributed by atoms with Gasteiger partial charge in [0.25, 0.3) is 0 Å². The second kappa shape index (κ2) is 4.66. The predicted molar refractivity (Wildman–Crippen MR) is 65.4 cm³/mol. The number of hydrogen-bond donors (Lipinski definition) is 1. The number of nitrogens with one attached hydrogen (secondary N) is 1. The Kier molecular flexibility index (Phi) is 3.21. The van der Waals surface area contributed by atoms with Crippen LogP contribution in [0.2, 0.25) is 0 Å². The van der Waals surface area contributed by atoms with Crippen molar-refractivity contribution in [2.24, 2.45) is 11.8 Å². The van der Waals surface area contributed by atoms with Gasteiger partial charge in [0, 0.05) is 18.5 Å². The van der Waals surface area contributed by atoms with E-state index in [1.165, 1.54) is 51.5 Å². The lowest BCUT2D eigenvalue weighted by molar-refractivity contribution is 0.0911. The molecule has 0 radical (unpaired) electrons. The van der Waals surface area contributed by atoms with Crippen molar-refractivity contribution in [1.82, 2.24) is 5.32 Å². The number of ether oxygens (including phenoxy) is 1. The molecule has 2 heteroatoms. The van der Waals surface area contributed by atoms with Crippen LogP contribution in [0, 0.1) is 11.8 Å². The van der Waals surface area contributed by atoms with Crippen molar-refractivity contribution >= 4 is 0 Å². The summed E-state index contributed by atoms with van der Waals surface area (Å²) in [6.07, 6.45) is 10.8. The average Bonchev–Trinajstić information content (AvgIpc) is 2.90. The van der Waals surface area contributed by atoms with Gasteiger partial charge in [-0.1, -0.05) is 19.8 Å². The molecule has 2 bridgehead atoms. The quantitative estimate of drug-likeness (QED) is 0.794. The van der Waals surface area contributed by atoms with Crippen LogP contribution < -0.4 is 5.32 Å². The van der Waals surface area contributed by atoms with E-state index >= 15 is 0 Å². The summed E-state index contributed by atoms with van der Waals surface area (Å²) in [7, 11) is 0. The lowest BCUT2D eigenvalue weighted by Crippen LogP contribution is -2.41.